The van der Waals surface area contributed by atoms with Crippen LogP contribution in [0.1, 0.15) is 5.56 Å². The van der Waals surface area contributed by atoms with E-state index in [1.807, 2.05) is 48.5 Å². The lowest BCUT2D eigenvalue weighted by Gasteiger charge is -2.09. The van der Waals surface area contributed by atoms with Gasteiger partial charge in [-0.25, -0.2) is 0 Å². The number of ether oxygens (including phenoxy) is 1. The Labute approximate surface area is 123 Å². The lowest BCUT2D eigenvalue weighted by molar-refractivity contribution is -0.138. The SMILES string of the molecule is Cl.N[C@@H](Cc1cccc(Oc2ccccc2)c1)C(=O)O. The normalized spacial score (nSPS) is 11.2. The fourth-order valence-electron chi connectivity index (χ4n) is 1.70. The summed E-state index contributed by atoms with van der Waals surface area (Å²) < 4.78 is 5.67. The van der Waals surface area contributed by atoms with Gasteiger partial charge in [-0.05, 0) is 36.2 Å². The highest BCUT2D eigenvalue weighted by Gasteiger charge is 2.12. The molecule has 3 N–H and O–H groups in total. The summed E-state index contributed by atoms with van der Waals surface area (Å²) in [7, 11) is 0. The maximum atomic E-state index is 10.7. The largest absolute Gasteiger partial charge is 0.480 e. The quantitative estimate of drug-likeness (QED) is 0.889. The highest BCUT2D eigenvalue weighted by Crippen LogP contribution is 2.22. The van der Waals surface area contributed by atoms with Gasteiger partial charge in [-0.1, -0.05) is 30.3 Å². The standard InChI is InChI=1S/C15H15NO3.ClH/c16-14(15(17)18)10-11-5-4-8-13(9-11)19-12-6-2-1-3-7-12;/h1-9,14H,10,16H2,(H,17,18);1H/t14-;/m0./s1. The Morgan fingerprint density at radius 2 is 1.75 bits per heavy atom. The van der Waals surface area contributed by atoms with E-state index in [1.54, 1.807) is 6.07 Å². The van der Waals surface area contributed by atoms with Crippen LogP contribution >= 0.6 is 12.4 Å². The number of halogens is 1. The van der Waals surface area contributed by atoms with Gasteiger partial charge in [0.2, 0.25) is 0 Å². The molecule has 2 aromatic rings. The van der Waals surface area contributed by atoms with E-state index in [9.17, 15) is 4.79 Å². The Hall–Kier alpha value is -2.04. The molecule has 2 rings (SSSR count). The minimum atomic E-state index is -1.01. The predicted molar refractivity (Wildman–Crippen MR) is 79.5 cm³/mol. The van der Waals surface area contributed by atoms with Crippen molar-refractivity contribution in [2.24, 2.45) is 5.73 Å². The maximum Gasteiger partial charge on any atom is 0.320 e. The molecule has 0 aliphatic carbocycles. The number of hydrogen-bond acceptors (Lipinski definition) is 3. The first-order valence-electron chi connectivity index (χ1n) is 5.95. The van der Waals surface area contributed by atoms with E-state index < -0.39 is 12.0 Å². The average Bonchev–Trinajstić information content (AvgIpc) is 2.40. The molecule has 2 aromatic carbocycles. The van der Waals surface area contributed by atoms with Crippen LogP contribution in [0.3, 0.4) is 0 Å². The molecule has 0 radical (unpaired) electrons. The molecule has 0 spiro atoms. The van der Waals surface area contributed by atoms with Crippen LogP contribution in [-0.2, 0) is 11.2 Å². The second-order valence-corrected chi connectivity index (χ2v) is 4.21. The molecule has 20 heavy (non-hydrogen) atoms. The first-order valence-corrected chi connectivity index (χ1v) is 5.95. The van der Waals surface area contributed by atoms with Gasteiger partial charge < -0.3 is 15.6 Å². The Balaban J connectivity index is 0.00000200. The van der Waals surface area contributed by atoms with E-state index in [2.05, 4.69) is 0 Å². The first-order chi connectivity index (χ1) is 9.15. The molecule has 0 heterocycles. The molecule has 0 aromatic heterocycles. The molecule has 0 fully saturated rings. The summed E-state index contributed by atoms with van der Waals surface area (Å²) in [6.07, 6.45) is 0.279. The fraction of sp³-hybridized carbons (Fsp3) is 0.133. The minimum absolute atomic E-state index is 0. The van der Waals surface area contributed by atoms with Crippen LogP contribution in [0.25, 0.3) is 0 Å². The molecule has 4 nitrogen and oxygen atoms in total. The fourth-order valence-corrected chi connectivity index (χ4v) is 1.70. The van der Waals surface area contributed by atoms with Crippen molar-refractivity contribution in [2.45, 2.75) is 12.5 Å². The molecule has 0 saturated carbocycles. The third-order valence-corrected chi connectivity index (χ3v) is 2.65. The maximum absolute atomic E-state index is 10.7. The highest BCUT2D eigenvalue weighted by atomic mass is 35.5. The summed E-state index contributed by atoms with van der Waals surface area (Å²) in [4.78, 5) is 10.7. The number of aliphatic carboxylic acids is 1. The molecule has 0 aliphatic rings. The van der Waals surface area contributed by atoms with Crippen LogP contribution < -0.4 is 10.5 Å². The molecule has 0 amide bonds. The van der Waals surface area contributed by atoms with Crippen LogP contribution in [-0.4, -0.2) is 17.1 Å². The lowest BCUT2D eigenvalue weighted by atomic mass is 10.1. The van der Waals surface area contributed by atoms with Gasteiger partial charge in [0.15, 0.2) is 0 Å². The third-order valence-electron chi connectivity index (χ3n) is 2.65. The number of rotatable bonds is 5. The number of carbonyl (C=O) groups is 1. The first kappa shape index (κ1) is 16.0. The summed E-state index contributed by atoms with van der Waals surface area (Å²) in [5, 5.41) is 8.79. The van der Waals surface area contributed by atoms with Crippen LogP contribution in [0.15, 0.2) is 54.6 Å². The molecule has 106 valence electrons. The Morgan fingerprint density at radius 1 is 1.10 bits per heavy atom. The predicted octanol–water partition coefficient (Wildman–Crippen LogP) is 2.86. The van der Waals surface area contributed by atoms with Crippen molar-refractivity contribution >= 4 is 18.4 Å². The minimum Gasteiger partial charge on any atom is -0.480 e. The molecular weight excluding hydrogens is 278 g/mol. The number of carboxylic acids is 1. The van der Waals surface area contributed by atoms with E-state index in [4.69, 9.17) is 15.6 Å². The van der Waals surface area contributed by atoms with Gasteiger partial charge >= 0.3 is 5.97 Å². The van der Waals surface area contributed by atoms with E-state index in [0.29, 0.717) is 5.75 Å². The van der Waals surface area contributed by atoms with Crippen molar-refractivity contribution in [2.75, 3.05) is 0 Å². The van der Waals surface area contributed by atoms with Crippen LogP contribution in [0.4, 0.5) is 0 Å². The average molecular weight is 294 g/mol. The zero-order chi connectivity index (χ0) is 13.7. The summed E-state index contributed by atoms with van der Waals surface area (Å²) in [5.74, 6) is 0.401. The topological polar surface area (TPSA) is 72.5 Å². The number of para-hydroxylation sites is 1. The smallest absolute Gasteiger partial charge is 0.320 e. The van der Waals surface area contributed by atoms with Gasteiger partial charge in [0.1, 0.15) is 17.5 Å². The number of carboxylic acid groups (broad SMARTS) is 1. The third kappa shape index (κ3) is 4.57. The van der Waals surface area contributed by atoms with Gasteiger partial charge in [-0.2, -0.15) is 0 Å². The van der Waals surface area contributed by atoms with E-state index in [0.717, 1.165) is 11.3 Å². The van der Waals surface area contributed by atoms with Crippen molar-refractivity contribution in [3.8, 4) is 11.5 Å². The summed E-state index contributed by atoms with van der Waals surface area (Å²) in [5.41, 5.74) is 6.35. The van der Waals surface area contributed by atoms with Crippen molar-refractivity contribution < 1.29 is 14.6 Å². The van der Waals surface area contributed by atoms with Crippen molar-refractivity contribution in [3.63, 3.8) is 0 Å². The van der Waals surface area contributed by atoms with Crippen molar-refractivity contribution in [1.29, 1.82) is 0 Å². The monoisotopic (exact) mass is 293 g/mol. The molecule has 0 unspecified atom stereocenters. The van der Waals surface area contributed by atoms with Gasteiger partial charge in [-0.3, -0.25) is 4.79 Å². The van der Waals surface area contributed by atoms with Crippen LogP contribution in [0.5, 0.6) is 11.5 Å². The molecule has 0 aliphatic heterocycles. The Bertz CT molecular complexity index is 560. The highest BCUT2D eigenvalue weighted by molar-refractivity contribution is 5.85. The molecule has 1 atom stereocenters. The summed E-state index contributed by atoms with van der Waals surface area (Å²) in [6, 6.07) is 15.8. The van der Waals surface area contributed by atoms with Crippen LogP contribution in [0.2, 0.25) is 0 Å². The van der Waals surface area contributed by atoms with Gasteiger partial charge in [0.05, 0.1) is 0 Å². The second-order valence-electron chi connectivity index (χ2n) is 4.21. The van der Waals surface area contributed by atoms with E-state index in [-0.39, 0.29) is 18.8 Å². The summed E-state index contributed by atoms with van der Waals surface area (Å²) in [6.45, 7) is 0. The van der Waals surface area contributed by atoms with Gasteiger partial charge in [0, 0.05) is 0 Å². The zero-order valence-electron chi connectivity index (χ0n) is 10.7. The van der Waals surface area contributed by atoms with Crippen molar-refractivity contribution in [3.05, 3.63) is 60.2 Å². The number of benzene rings is 2. The van der Waals surface area contributed by atoms with Crippen molar-refractivity contribution in [1.82, 2.24) is 0 Å². The van der Waals surface area contributed by atoms with Gasteiger partial charge in [0.25, 0.3) is 0 Å². The van der Waals surface area contributed by atoms with E-state index in [1.165, 1.54) is 0 Å². The second kappa shape index (κ2) is 7.53. The molecule has 5 heteroatoms. The molecular formula is C15H16ClNO3. The summed E-state index contributed by atoms with van der Waals surface area (Å²) >= 11 is 0. The van der Waals surface area contributed by atoms with Gasteiger partial charge in [-0.15, -0.1) is 12.4 Å². The van der Waals surface area contributed by atoms with Crippen LogP contribution in [0, 0.1) is 0 Å². The molecule has 0 saturated heterocycles. The number of hydrogen-bond donors (Lipinski definition) is 2. The lowest BCUT2D eigenvalue weighted by Crippen LogP contribution is -2.32. The molecule has 0 bridgehead atoms. The zero-order valence-corrected chi connectivity index (χ0v) is 11.5. The number of nitrogens with two attached hydrogens (primary N) is 1. The van der Waals surface area contributed by atoms with E-state index >= 15 is 0 Å². The Morgan fingerprint density at radius 3 is 2.40 bits per heavy atom. The Kier molecular flexibility index (Phi) is 6.03.